The third kappa shape index (κ3) is 3.09. The highest BCUT2D eigenvalue weighted by molar-refractivity contribution is 6.15. The summed E-state index contributed by atoms with van der Waals surface area (Å²) in [6, 6.07) is 10.2. The lowest BCUT2D eigenvalue weighted by atomic mass is 9.94. The number of amides is 1. The molecular formula is C20H21NO4. The maximum absolute atomic E-state index is 12.9. The van der Waals surface area contributed by atoms with Crippen LogP contribution in [0.2, 0.25) is 0 Å². The topological polar surface area (TPSA) is 70.8 Å². The van der Waals surface area contributed by atoms with Gasteiger partial charge in [0.2, 0.25) is 5.78 Å². The summed E-state index contributed by atoms with van der Waals surface area (Å²) in [6.07, 6.45) is 3.11. The first kappa shape index (κ1) is 17.0. The number of unbranched alkanes of at least 4 members (excludes halogenated alkanes) is 1. The molecule has 3 rings (SSSR count). The monoisotopic (exact) mass is 339 g/mol. The molecule has 5 nitrogen and oxygen atoms in total. The molecule has 1 unspecified atom stereocenters. The number of hydrogen-bond donors (Lipinski definition) is 1. The minimum atomic E-state index is -0.600. The molecular weight excluding hydrogens is 318 g/mol. The molecule has 1 aliphatic heterocycles. The predicted molar refractivity (Wildman–Crippen MR) is 93.2 cm³/mol. The zero-order valence-electron chi connectivity index (χ0n) is 14.4. The average molecular weight is 339 g/mol. The molecule has 0 aliphatic carbocycles. The third-order valence-corrected chi connectivity index (χ3v) is 4.40. The summed E-state index contributed by atoms with van der Waals surface area (Å²) >= 11 is 0. The van der Waals surface area contributed by atoms with E-state index in [0.29, 0.717) is 6.54 Å². The highest BCUT2D eigenvalue weighted by Gasteiger charge is 2.44. The minimum Gasteiger partial charge on any atom is -0.503 e. The van der Waals surface area contributed by atoms with Crippen molar-refractivity contribution >= 4 is 11.7 Å². The number of rotatable bonds is 6. The number of nitrogens with zero attached hydrogens (tertiary/aromatic N) is 1. The molecule has 2 aromatic rings. The third-order valence-electron chi connectivity index (χ3n) is 4.40. The van der Waals surface area contributed by atoms with Crippen LogP contribution in [0.5, 0.6) is 0 Å². The number of Topliss-reactive ketones (excluding diaryl/α,β-unsaturated/α-hetero) is 1. The first-order chi connectivity index (χ1) is 12.0. The summed E-state index contributed by atoms with van der Waals surface area (Å²) in [5.74, 6) is -1.33. The molecule has 1 atom stereocenters. The number of hydrogen-bond acceptors (Lipinski definition) is 4. The zero-order chi connectivity index (χ0) is 18.0. The van der Waals surface area contributed by atoms with Crippen molar-refractivity contribution in [3.05, 3.63) is 70.9 Å². The molecule has 1 N–H and O–H groups in total. The van der Waals surface area contributed by atoms with Gasteiger partial charge in [-0.05, 0) is 31.0 Å². The van der Waals surface area contributed by atoms with Crippen molar-refractivity contribution in [2.45, 2.75) is 32.7 Å². The molecule has 0 bridgehead atoms. The first-order valence-electron chi connectivity index (χ1n) is 8.43. The van der Waals surface area contributed by atoms with Gasteiger partial charge < -0.3 is 14.4 Å². The number of aliphatic hydroxyl groups excluding tert-OH is 1. The molecule has 0 saturated heterocycles. The van der Waals surface area contributed by atoms with Gasteiger partial charge in [-0.1, -0.05) is 43.2 Å². The van der Waals surface area contributed by atoms with Crippen molar-refractivity contribution < 1.29 is 19.1 Å². The first-order valence-corrected chi connectivity index (χ1v) is 8.43. The van der Waals surface area contributed by atoms with Gasteiger partial charge in [0.1, 0.15) is 0 Å². The lowest BCUT2D eigenvalue weighted by molar-refractivity contribution is -0.129. The molecule has 0 spiro atoms. The Balaban J connectivity index is 2.08. The predicted octanol–water partition coefficient (Wildman–Crippen LogP) is 3.97. The lowest BCUT2D eigenvalue weighted by Crippen LogP contribution is -2.32. The Kier molecular flexibility index (Phi) is 4.74. The molecule has 5 heteroatoms. The van der Waals surface area contributed by atoms with E-state index in [1.807, 2.05) is 38.1 Å². The zero-order valence-corrected chi connectivity index (χ0v) is 14.4. The van der Waals surface area contributed by atoms with Crippen molar-refractivity contribution in [1.82, 2.24) is 4.90 Å². The number of benzene rings is 1. The van der Waals surface area contributed by atoms with Crippen LogP contribution in [0.25, 0.3) is 0 Å². The van der Waals surface area contributed by atoms with E-state index in [4.69, 9.17) is 4.42 Å². The van der Waals surface area contributed by atoms with Crippen LogP contribution in [0, 0.1) is 6.92 Å². The molecule has 1 aromatic carbocycles. The van der Waals surface area contributed by atoms with Gasteiger partial charge >= 0.3 is 0 Å². The van der Waals surface area contributed by atoms with Crippen molar-refractivity contribution in [3.8, 4) is 0 Å². The number of aryl methyl sites for hydroxylation is 1. The standard InChI is InChI=1S/C20H21NO4/c1-3-4-10-21-17(14-8-5-7-13(2)12-14)16(19(23)20(21)24)18(22)15-9-6-11-25-15/h5-9,11-12,17,23H,3-4,10H2,1-2H3. The number of carbonyl (C=O) groups excluding carboxylic acids is 2. The normalized spacial score (nSPS) is 17.4. The highest BCUT2D eigenvalue weighted by Crippen LogP contribution is 2.39. The Hall–Kier alpha value is -2.82. The van der Waals surface area contributed by atoms with Gasteiger partial charge in [-0.25, -0.2) is 0 Å². The summed E-state index contributed by atoms with van der Waals surface area (Å²) in [5, 5.41) is 10.4. The van der Waals surface area contributed by atoms with Crippen LogP contribution in [-0.2, 0) is 4.79 Å². The fraction of sp³-hybridized carbons (Fsp3) is 0.300. The summed E-state index contributed by atoms with van der Waals surface area (Å²) in [5.41, 5.74) is 1.92. The second-order valence-corrected chi connectivity index (χ2v) is 6.24. The van der Waals surface area contributed by atoms with Crippen LogP contribution < -0.4 is 0 Å². The summed E-state index contributed by atoms with van der Waals surface area (Å²) in [4.78, 5) is 27.0. The van der Waals surface area contributed by atoms with Gasteiger partial charge in [0.25, 0.3) is 5.91 Å². The van der Waals surface area contributed by atoms with Gasteiger partial charge in [0, 0.05) is 6.54 Å². The van der Waals surface area contributed by atoms with Gasteiger partial charge in [-0.2, -0.15) is 0 Å². The van der Waals surface area contributed by atoms with Crippen LogP contribution in [0.4, 0.5) is 0 Å². The second-order valence-electron chi connectivity index (χ2n) is 6.24. The molecule has 130 valence electrons. The van der Waals surface area contributed by atoms with Gasteiger partial charge in [0.15, 0.2) is 11.5 Å². The maximum Gasteiger partial charge on any atom is 0.290 e. The van der Waals surface area contributed by atoms with E-state index in [2.05, 4.69) is 0 Å². The fourth-order valence-electron chi connectivity index (χ4n) is 3.17. The Morgan fingerprint density at radius 1 is 1.28 bits per heavy atom. The van der Waals surface area contributed by atoms with E-state index in [9.17, 15) is 14.7 Å². The number of carbonyl (C=O) groups is 2. The van der Waals surface area contributed by atoms with Gasteiger partial charge in [-0.15, -0.1) is 0 Å². The Bertz CT molecular complexity index is 820. The maximum atomic E-state index is 12.9. The smallest absolute Gasteiger partial charge is 0.290 e. The van der Waals surface area contributed by atoms with Gasteiger partial charge in [0.05, 0.1) is 17.9 Å². The Morgan fingerprint density at radius 2 is 2.08 bits per heavy atom. The van der Waals surface area contributed by atoms with Crippen LogP contribution in [0.1, 0.15) is 47.5 Å². The van der Waals surface area contributed by atoms with Crippen LogP contribution in [0.3, 0.4) is 0 Å². The van der Waals surface area contributed by atoms with E-state index in [1.165, 1.54) is 12.3 Å². The minimum absolute atomic E-state index is 0.0849. The highest BCUT2D eigenvalue weighted by atomic mass is 16.3. The lowest BCUT2D eigenvalue weighted by Gasteiger charge is -2.26. The summed E-state index contributed by atoms with van der Waals surface area (Å²) in [7, 11) is 0. The molecule has 1 amide bonds. The number of ketones is 1. The van der Waals surface area contributed by atoms with Crippen molar-refractivity contribution in [2.75, 3.05) is 6.54 Å². The Labute approximate surface area is 146 Å². The molecule has 0 radical (unpaired) electrons. The van der Waals surface area contributed by atoms with Crippen molar-refractivity contribution in [1.29, 1.82) is 0 Å². The van der Waals surface area contributed by atoms with E-state index in [-0.39, 0.29) is 11.3 Å². The molecule has 1 aromatic heterocycles. The number of aliphatic hydroxyl groups is 1. The molecule has 0 fully saturated rings. The van der Waals surface area contributed by atoms with E-state index >= 15 is 0 Å². The molecule has 1 aliphatic rings. The Morgan fingerprint density at radius 3 is 2.72 bits per heavy atom. The summed E-state index contributed by atoms with van der Waals surface area (Å²) < 4.78 is 5.19. The van der Waals surface area contributed by atoms with Crippen molar-refractivity contribution in [2.24, 2.45) is 0 Å². The van der Waals surface area contributed by atoms with Crippen LogP contribution in [-0.4, -0.2) is 28.2 Å². The van der Waals surface area contributed by atoms with Gasteiger partial charge in [-0.3, -0.25) is 9.59 Å². The van der Waals surface area contributed by atoms with E-state index in [0.717, 1.165) is 24.0 Å². The van der Waals surface area contributed by atoms with E-state index < -0.39 is 23.5 Å². The van der Waals surface area contributed by atoms with Crippen molar-refractivity contribution in [3.63, 3.8) is 0 Å². The average Bonchev–Trinajstić information content (AvgIpc) is 3.21. The number of furan rings is 1. The summed E-state index contributed by atoms with van der Waals surface area (Å²) in [6.45, 7) is 4.46. The SMILES string of the molecule is CCCCN1C(=O)C(O)=C(C(=O)c2ccco2)C1c1cccc(C)c1. The van der Waals surface area contributed by atoms with E-state index in [1.54, 1.807) is 11.0 Å². The molecule has 2 heterocycles. The fourth-order valence-corrected chi connectivity index (χ4v) is 3.17. The largest absolute Gasteiger partial charge is 0.503 e. The van der Waals surface area contributed by atoms with Crippen LogP contribution in [0.15, 0.2) is 58.4 Å². The van der Waals surface area contributed by atoms with Crippen LogP contribution >= 0.6 is 0 Å². The molecule has 0 saturated carbocycles. The second kappa shape index (κ2) is 6.97. The quantitative estimate of drug-likeness (QED) is 0.809. The molecule has 25 heavy (non-hydrogen) atoms.